The number of likely N-dealkylation sites (N-methyl/N-ethyl adjacent to an activating group) is 1. The van der Waals surface area contributed by atoms with E-state index >= 15 is 0 Å². The van der Waals surface area contributed by atoms with Gasteiger partial charge in [-0.2, -0.15) is 0 Å². The number of hydrogen-bond donors (Lipinski definition) is 2. The van der Waals surface area contributed by atoms with Crippen molar-refractivity contribution in [3.63, 3.8) is 0 Å². The molecule has 0 saturated carbocycles. The first-order chi connectivity index (χ1) is 14.0. The molecule has 1 heterocycles. The Labute approximate surface area is 177 Å². The topological polar surface area (TPSA) is 112 Å². The van der Waals surface area contributed by atoms with Crippen molar-refractivity contribution in [3.05, 3.63) is 47.7 Å². The van der Waals surface area contributed by atoms with Gasteiger partial charge >= 0.3 is 0 Å². The lowest BCUT2D eigenvalue weighted by Gasteiger charge is -2.17. The van der Waals surface area contributed by atoms with E-state index in [9.17, 15) is 18.0 Å². The Hall–Kier alpha value is -2.82. The molecule has 2 N–H and O–H groups in total. The third-order valence-electron chi connectivity index (χ3n) is 4.24. The van der Waals surface area contributed by atoms with E-state index in [1.165, 1.54) is 20.2 Å². The predicted molar refractivity (Wildman–Crippen MR) is 116 cm³/mol. The van der Waals surface area contributed by atoms with Gasteiger partial charge < -0.3 is 10.6 Å². The summed E-state index contributed by atoms with van der Waals surface area (Å²) in [5.41, 5.74) is 1.94. The summed E-state index contributed by atoms with van der Waals surface area (Å²) < 4.78 is 25.9. The molecule has 2 amide bonds. The van der Waals surface area contributed by atoms with Gasteiger partial charge in [-0.05, 0) is 50.2 Å². The molecule has 0 atom stereocenters. The van der Waals surface area contributed by atoms with Gasteiger partial charge in [0, 0.05) is 26.0 Å². The fourth-order valence-corrected chi connectivity index (χ4v) is 3.77. The number of nitrogens with zero attached hydrogens (tertiary/aromatic N) is 3. The molecule has 30 heavy (non-hydrogen) atoms. The Morgan fingerprint density at radius 1 is 0.967 bits per heavy atom. The van der Waals surface area contributed by atoms with Gasteiger partial charge in [0.05, 0.1) is 18.0 Å². The second-order valence-electron chi connectivity index (χ2n) is 7.26. The van der Waals surface area contributed by atoms with E-state index in [1.54, 1.807) is 43.3 Å². The zero-order valence-corrected chi connectivity index (χ0v) is 18.6. The molecule has 0 aliphatic heterocycles. The van der Waals surface area contributed by atoms with E-state index in [0.717, 1.165) is 9.87 Å². The molecule has 0 saturated heterocycles. The number of carbonyl (C=O) groups excluding carboxylic acids is 2. The second kappa shape index (κ2) is 9.79. The van der Waals surface area contributed by atoms with Gasteiger partial charge in [0.15, 0.2) is 0 Å². The number of amides is 2. The van der Waals surface area contributed by atoms with Gasteiger partial charge in [-0.1, -0.05) is 12.1 Å². The normalized spacial score (nSPS) is 11.6. The van der Waals surface area contributed by atoms with Crippen LogP contribution in [-0.2, 0) is 19.6 Å². The minimum atomic E-state index is -3.62. The summed E-state index contributed by atoms with van der Waals surface area (Å²) in [6, 6.07) is 8.25. The third-order valence-corrected chi connectivity index (χ3v) is 6.19. The molecule has 0 unspecified atom stereocenters. The van der Waals surface area contributed by atoms with Crippen LogP contribution < -0.4 is 10.6 Å². The Kier molecular flexibility index (Phi) is 7.65. The quantitative estimate of drug-likeness (QED) is 0.652. The Bertz CT molecular complexity index is 1020. The van der Waals surface area contributed by atoms with Crippen molar-refractivity contribution in [2.75, 3.05) is 44.9 Å². The number of benzene rings is 1. The molecular formula is C20H27N5O4S. The molecule has 1 aromatic carbocycles. The summed E-state index contributed by atoms with van der Waals surface area (Å²) in [6.45, 7) is 3.55. The molecule has 0 spiro atoms. The molecule has 9 nitrogen and oxygen atoms in total. The minimum absolute atomic E-state index is 0.00284. The number of hydrogen-bond acceptors (Lipinski definition) is 6. The van der Waals surface area contributed by atoms with Crippen LogP contribution in [-0.4, -0.2) is 68.7 Å². The van der Waals surface area contributed by atoms with Crippen molar-refractivity contribution in [2.45, 2.75) is 18.7 Å². The Balaban J connectivity index is 1.95. The Morgan fingerprint density at radius 2 is 1.60 bits per heavy atom. The van der Waals surface area contributed by atoms with Crippen LogP contribution in [0.1, 0.15) is 11.1 Å². The smallest absolute Gasteiger partial charge is 0.242 e. The molecule has 2 rings (SSSR count). The lowest BCUT2D eigenvalue weighted by Crippen LogP contribution is -2.36. The zero-order chi connectivity index (χ0) is 22.5. The van der Waals surface area contributed by atoms with E-state index in [-0.39, 0.29) is 29.8 Å². The number of carbonyl (C=O) groups is 2. The van der Waals surface area contributed by atoms with Gasteiger partial charge in [0.25, 0.3) is 0 Å². The molecule has 0 radical (unpaired) electrons. The van der Waals surface area contributed by atoms with Crippen molar-refractivity contribution in [1.29, 1.82) is 0 Å². The van der Waals surface area contributed by atoms with E-state index in [2.05, 4.69) is 15.6 Å². The number of rotatable bonds is 8. The third kappa shape index (κ3) is 6.34. The molecule has 0 bridgehead atoms. The summed E-state index contributed by atoms with van der Waals surface area (Å²) in [6.07, 6.45) is 1.65. The molecule has 162 valence electrons. The van der Waals surface area contributed by atoms with Crippen molar-refractivity contribution in [3.8, 4) is 0 Å². The van der Waals surface area contributed by atoms with E-state index in [0.29, 0.717) is 17.1 Å². The Morgan fingerprint density at radius 3 is 2.17 bits per heavy atom. The summed E-state index contributed by atoms with van der Waals surface area (Å²) >= 11 is 0. The number of pyridine rings is 1. The average molecular weight is 434 g/mol. The molecular weight excluding hydrogens is 406 g/mol. The molecule has 1 aromatic heterocycles. The maximum absolute atomic E-state index is 12.4. The fourth-order valence-electron chi connectivity index (χ4n) is 2.62. The van der Waals surface area contributed by atoms with Gasteiger partial charge in [-0.3, -0.25) is 14.5 Å². The number of aromatic nitrogens is 1. The highest BCUT2D eigenvalue weighted by Crippen LogP contribution is 2.22. The maximum Gasteiger partial charge on any atom is 0.242 e. The first-order valence-corrected chi connectivity index (χ1v) is 10.7. The zero-order valence-electron chi connectivity index (χ0n) is 17.8. The summed E-state index contributed by atoms with van der Waals surface area (Å²) in [5.74, 6) is -0.218. The van der Waals surface area contributed by atoms with Crippen LogP contribution in [0, 0.1) is 13.8 Å². The van der Waals surface area contributed by atoms with Crippen LogP contribution >= 0.6 is 0 Å². The van der Waals surface area contributed by atoms with Crippen LogP contribution in [0.5, 0.6) is 0 Å². The highest BCUT2D eigenvalue weighted by atomic mass is 32.2. The van der Waals surface area contributed by atoms with Crippen molar-refractivity contribution in [2.24, 2.45) is 0 Å². The van der Waals surface area contributed by atoms with Gasteiger partial charge in [0.1, 0.15) is 5.82 Å². The van der Waals surface area contributed by atoms with Crippen molar-refractivity contribution >= 4 is 33.3 Å². The van der Waals surface area contributed by atoms with E-state index in [4.69, 9.17) is 0 Å². The molecule has 10 heteroatoms. The maximum atomic E-state index is 12.4. The standard InChI is InChI=1S/C20H27N5O4S/c1-14-6-9-18(21-11-14)23-20(27)13-25(5)12-19(26)22-16-8-7-15(2)17(10-16)30(28,29)24(3)4/h6-11H,12-13H2,1-5H3,(H,22,26)(H,21,23,27). The van der Waals surface area contributed by atoms with Crippen LogP contribution in [0.15, 0.2) is 41.4 Å². The lowest BCUT2D eigenvalue weighted by atomic mass is 10.2. The SMILES string of the molecule is Cc1ccc(NC(=O)CN(C)CC(=O)Nc2ccc(C)c(S(=O)(=O)N(C)C)c2)nc1. The second-order valence-corrected chi connectivity index (χ2v) is 9.38. The number of sulfonamides is 1. The average Bonchev–Trinajstić information content (AvgIpc) is 2.64. The summed E-state index contributed by atoms with van der Waals surface area (Å²) in [4.78, 5) is 30.2. The lowest BCUT2D eigenvalue weighted by molar-refractivity contribution is -0.119. The monoisotopic (exact) mass is 433 g/mol. The van der Waals surface area contributed by atoms with Crippen LogP contribution in [0.2, 0.25) is 0 Å². The predicted octanol–water partition coefficient (Wildman–Crippen LogP) is 1.46. The first-order valence-electron chi connectivity index (χ1n) is 9.23. The molecule has 0 aliphatic carbocycles. The summed E-state index contributed by atoms with van der Waals surface area (Å²) in [7, 11) is 0.914. The van der Waals surface area contributed by atoms with E-state index < -0.39 is 10.0 Å². The highest BCUT2D eigenvalue weighted by molar-refractivity contribution is 7.89. The number of aryl methyl sites for hydroxylation is 2. The van der Waals surface area contributed by atoms with Crippen molar-refractivity contribution < 1.29 is 18.0 Å². The van der Waals surface area contributed by atoms with Crippen LogP contribution in [0.25, 0.3) is 0 Å². The van der Waals surface area contributed by atoms with Gasteiger partial charge in [0.2, 0.25) is 21.8 Å². The fraction of sp³-hybridized carbons (Fsp3) is 0.350. The van der Waals surface area contributed by atoms with Gasteiger partial charge in [-0.15, -0.1) is 0 Å². The van der Waals surface area contributed by atoms with E-state index in [1.807, 2.05) is 13.0 Å². The largest absolute Gasteiger partial charge is 0.325 e. The molecule has 2 aromatic rings. The minimum Gasteiger partial charge on any atom is -0.325 e. The molecule has 0 aliphatic rings. The summed E-state index contributed by atoms with van der Waals surface area (Å²) in [5, 5.41) is 5.34. The first kappa shape index (κ1) is 23.5. The number of nitrogens with one attached hydrogen (secondary N) is 2. The van der Waals surface area contributed by atoms with Crippen LogP contribution in [0.4, 0.5) is 11.5 Å². The number of anilines is 2. The van der Waals surface area contributed by atoms with Crippen LogP contribution in [0.3, 0.4) is 0 Å². The van der Waals surface area contributed by atoms with Crippen molar-refractivity contribution in [1.82, 2.24) is 14.2 Å². The highest BCUT2D eigenvalue weighted by Gasteiger charge is 2.20. The van der Waals surface area contributed by atoms with Gasteiger partial charge in [-0.25, -0.2) is 17.7 Å². The molecule has 0 fully saturated rings.